The lowest BCUT2D eigenvalue weighted by molar-refractivity contribution is -0.133. The van der Waals surface area contributed by atoms with Gasteiger partial charge < -0.3 is 10.2 Å². The number of thiocarbonyl (C=S) groups is 1. The second-order valence-electron chi connectivity index (χ2n) is 2.45. The molecule has 92 valence electrons. The van der Waals surface area contributed by atoms with Gasteiger partial charge in [-0.1, -0.05) is 25.4 Å². The predicted octanol–water partition coefficient (Wildman–Crippen LogP) is 2.43. The number of aliphatic carboxylic acids is 2. The van der Waals surface area contributed by atoms with Gasteiger partial charge >= 0.3 is 11.9 Å². The second-order valence-corrected chi connectivity index (χ2v) is 4.71. The van der Waals surface area contributed by atoms with E-state index in [2.05, 4.69) is 50.6 Å². The first kappa shape index (κ1) is 20.6. The van der Waals surface area contributed by atoms with E-state index >= 15 is 0 Å². The van der Waals surface area contributed by atoms with E-state index in [-0.39, 0.29) is 11.1 Å². The number of carboxylic acids is 2. The Bertz CT molecular complexity index is 245. The molecule has 0 heterocycles. The highest BCUT2D eigenvalue weighted by atomic mass is 32.2. The molecule has 0 amide bonds. The van der Waals surface area contributed by atoms with Gasteiger partial charge in [0, 0.05) is 11.1 Å². The number of carbonyl (C=O) groups is 2. The number of rotatable bonds is 2. The van der Waals surface area contributed by atoms with Crippen LogP contribution in [0.2, 0.25) is 0 Å². The number of hydrogen-bond donors (Lipinski definition) is 4. The van der Waals surface area contributed by atoms with E-state index in [1.54, 1.807) is 0 Å². The van der Waals surface area contributed by atoms with E-state index in [1.165, 1.54) is 13.8 Å². The highest BCUT2D eigenvalue weighted by Gasteiger charge is 1.90. The van der Waals surface area contributed by atoms with Crippen molar-refractivity contribution in [2.24, 2.45) is 0 Å². The summed E-state index contributed by atoms with van der Waals surface area (Å²) in [7, 11) is 0. The zero-order valence-corrected chi connectivity index (χ0v) is 11.5. The highest BCUT2D eigenvalue weighted by Crippen LogP contribution is 1.84. The van der Waals surface area contributed by atoms with Crippen LogP contribution < -0.4 is 0 Å². The summed E-state index contributed by atoms with van der Waals surface area (Å²) >= 11 is 11.4. The summed E-state index contributed by atoms with van der Waals surface area (Å²) in [5.74, 6) is -1.87. The zero-order valence-electron chi connectivity index (χ0n) is 8.93. The molecule has 7 heteroatoms. The fourth-order valence-electron chi connectivity index (χ4n) is 0. The van der Waals surface area contributed by atoms with Crippen molar-refractivity contribution in [3.05, 3.63) is 24.3 Å². The van der Waals surface area contributed by atoms with Crippen LogP contribution in [0.25, 0.3) is 0 Å². The average molecular weight is 282 g/mol. The molecule has 2 N–H and O–H groups in total. The Morgan fingerprint density at radius 1 is 1.00 bits per heavy atom. The van der Waals surface area contributed by atoms with E-state index < -0.39 is 11.9 Å². The summed E-state index contributed by atoms with van der Waals surface area (Å²) < 4.78 is 0.389. The Labute approximate surface area is 111 Å². The van der Waals surface area contributed by atoms with Crippen molar-refractivity contribution in [1.82, 2.24) is 0 Å². The minimum atomic E-state index is -0.935. The Kier molecular flexibility index (Phi) is 15.8. The lowest BCUT2D eigenvalue weighted by atomic mass is 10.4. The Morgan fingerprint density at radius 2 is 1.06 bits per heavy atom. The minimum Gasteiger partial charge on any atom is -0.478 e. The molecule has 0 aromatic carbocycles. The van der Waals surface area contributed by atoms with Gasteiger partial charge in [-0.25, -0.2) is 9.59 Å². The number of thiol groups is 2. The normalized spacial score (nSPS) is 7.25. The van der Waals surface area contributed by atoms with Gasteiger partial charge in [-0.2, -0.15) is 0 Å². The van der Waals surface area contributed by atoms with Crippen molar-refractivity contribution in [2.45, 2.75) is 13.8 Å². The van der Waals surface area contributed by atoms with Crippen molar-refractivity contribution in [3.63, 3.8) is 0 Å². The van der Waals surface area contributed by atoms with Gasteiger partial charge in [0.2, 0.25) is 0 Å². The molecule has 0 radical (unpaired) electrons. The molecular weight excluding hydrogens is 268 g/mol. The molecule has 0 aliphatic rings. The summed E-state index contributed by atoms with van der Waals surface area (Å²) in [6.45, 7) is 9.20. The van der Waals surface area contributed by atoms with Crippen molar-refractivity contribution >= 4 is 52.9 Å². The SMILES string of the molecule is C=C(C)C(=O)O.C=C(C)C(=O)O.S=C(S)S. The first-order valence-electron chi connectivity index (χ1n) is 3.71. The molecule has 0 atom stereocenters. The first-order chi connectivity index (χ1) is 7.02. The van der Waals surface area contributed by atoms with Gasteiger partial charge in [0.1, 0.15) is 0 Å². The maximum atomic E-state index is 9.60. The summed E-state index contributed by atoms with van der Waals surface area (Å²) in [6.07, 6.45) is 0. The fourth-order valence-corrected chi connectivity index (χ4v) is 0. The van der Waals surface area contributed by atoms with Crippen LogP contribution in [0.4, 0.5) is 0 Å². The van der Waals surface area contributed by atoms with Crippen LogP contribution in [0.5, 0.6) is 0 Å². The molecular formula is C9H14O4S3. The molecule has 16 heavy (non-hydrogen) atoms. The highest BCUT2D eigenvalue weighted by molar-refractivity contribution is 8.34. The Hall–Kier alpha value is -0.790. The third-order valence-corrected chi connectivity index (χ3v) is 0.730. The van der Waals surface area contributed by atoms with E-state index in [4.69, 9.17) is 10.2 Å². The second kappa shape index (κ2) is 12.3. The summed E-state index contributed by atoms with van der Waals surface area (Å²) in [6, 6.07) is 0. The lowest BCUT2D eigenvalue weighted by Gasteiger charge is -1.79. The molecule has 0 bridgehead atoms. The molecule has 0 unspecified atom stereocenters. The minimum absolute atomic E-state index is 0.176. The molecule has 0 rings (SSSR count). The molecule has 0 aliphatic carbocycles. The Balaban J connectivity index is -0.000000162. The van der Waals surface area contributed by atoms with Gasteiger partial charge in [-0.3, -0.25) is 0 Å². The maximum absolute atomic E-state index is 9.60. The molecule has 4 nitrogen and oxygen atoms in total. The standard InChI is InChI=1S/2C4H6O2.CH2S3/c2*1-3(2)4(5)6;2-1(3)4/h2*1H2,2H3,(H,5,6);(H2,2,3,4). The summed E-state index contributed by atoms with van der Waals surface area (Å²) in [5, 5.41) is 15.8. The van der Waals surface area contributed by atoms with E-state index in [9.17, 15) is 9.59 Å². The number of hydrogen-bond acceptors (Lipinski definition) is 3. The van der Waals surface area contributed by atoms with Crippen molar-refractivity contribution in [3.8, 4) is 0 Å². The number of carboxylic acid groups (broad SMARTS) is 2. The quantitative estimate of drug-likeness (QED) is 0.355. The van der Waals surface area contributed by atoms with Crippen molar-refractivity contribution in [2.75, 3.05) is 0 Å². The molecule has 0 aliphatic heterocycles. The van der Waals surface area contributed by atoms with Gasteiger partial charge in [-0.05, 0) is 13.8 Å². The summed E-state index contributed by atoms with van der Waals surface area (Å²) in [5.41, 5.74) is 0.352. The molecule has 0 aromatic heterocycles. The van der Waals surface area contributed by atoms with E-state index in [0.717, 1.165) is 0 Å². The van der Waals surface area contributed by atoms with Crippen LogP contribution in [0, 0.1) is 0 Å². The Morgan fingerprint density at radius 3 is 1.06 bits per heavy atom. The van der Waals surface area contributed by atoms with Crippen LogP contribution >= 0.6 is 37.5 Å². The van der Waals surface area contributed by atoms with Crippen LogP contribution in [0.3, 0.4) is 0 Å². The monoisotopic (exact) mass is 282 g/mol. The molecule has 0 spiro atoms. The van der Waals surface area contributed by atoms with Crippen molar-refractivity contribution < 1.29 is 19.8 Å². The van der Waals surface area contributed by atoms with E-state index in [1.807, 2.05) is 0 Å². The van der Waals surface area contributed by atoms with Gasteiger partial charge in [0.25, 0.3) is 0 Å². The van der Waals surface area contributed by atoms with Gasteiger partial charge in [-0.15, -0.1) is 25.3 Å². The van der Waals surface area contributed by atoms with Crippen LogP contribution in [-0.2, 0) is 9.59 Å². The molecule has 0 aromatic rings. The van der Waals surface area contributed by atoms with E-state index in [0.29, 0.717) is 3.53 Å². The summed E-state index contributed by atoms with van der Waals surface area (Å²) in [4.78, 5) is 19.2. The molecule has 0 saturated carbocycles. The topological polar surface area (TPSA) is 74.6 Å². The molecule has 0 saturated heterocycles. The smallest absolute Gasteiger partial charge is 0.330 e. The lowest BCUT2D eigenvalue weighted by Crippen LogP contribution is -1.92. The third kappa shape index (κ3) is 37.9. The van der Waals surface area contributed by atoms with Crippen LogP contribution in [0.1, 0.15) is 13.8 Å². The van der Waals surface area contributed by atoms with Crippen molar-refractivity contribution in [1.29, 1.82) is 0 Å². The predicted molar refractivity (Wildman–Crippen MR) is 75.5 cm³/mol. The maximum Gasteiger partial charge on any atom is 0.330 e. The largest absolute Gasteiger partial charge is 0.478 e. The average Bonchev–Trinajstić information content (AvgIpc) is 2.03. The van der Waals surface area contributed by atoms with Crippen LogP contribution in [-0.4, -0.2) is 25.7 Å². The zero-order chi connectivity index (χ0) is 13.9. The van der Waals surface area contributed by atoms with Gasteiger partial charge in [0.05, 0.1) is 3.53 Å². The van der Waals surface area contributed by atoms with Gasteiger partial charge in [0.15, 0.2) is 0 Å². The third-order valence-electron chi connectivity index (χ3n) is 0.730. The first-order valence-corrected chi connectivity index (χ1v) is 5.02. The van der Waals surface area contributed by atoms with Crippen LogP contribution in [0.15, 0.2) is 24.3 Å². The fraction of sp³-hybridized carbons (Fsp3) is 0.222. The molecule has 0 fully saturated rings.